The second-order valence-corrected chi connectivity index (χ2v) is 12.1. The smallest absolute Gasteiger partial charge is 0.407 e. The Morgan fingerprint density at radius 2 is 1.95 bits per heavy atom. The van der Waals surface area contributed by atoms with Crippen molar-refractivity contribution >= 4 is 17.8 Å². The molecule has 3 heterocycles. The Labute approximate surface area is 258 Å². The molecule has 12 heteroatoms. The van der Waals surface area contributed by atoms with Crippen LogP contribution in [-0.4, -0.2) is 75.9 Å². The highest BCUT2D eigenvalue weighted by Gasteiger charge is 2.21. The lowest BCUT2D eigenvalue weighted by atomic mass is 9.99. The van der Waals surface area contributed by atoms with Gasteiger partial charge < -0.3 is 34.9 Å². The van der Waals surface area contributed by atoms with E-state index in [1.165, 1.54) is 17.5 Å². The molecule has 0 aliphatic carbocycles. The maximum Gasteiger partial charge on any atom is 0.407 e. The van der Waals surface area contributed by atoms with Gasteiger partial charge in [-0.2, -0.15) is 0 Å². The number of hydrogen-bond acceptors (Lipinski definition) is 10. The third-order valence-corrected chi connectivity index (χ3v) is 7.11. The van der Waals surface area contributed by atoms with Gasteiger partial charge in [0.15, 0.2) is 12.2 Å². The molecule has 0 saturated heterocycles. The van der Waals surface area contributed by atoms with Crippen LogP contribution in [0.2, 0.25) is 0 Å². The average Bonchev–Trinajstić information content (AvgIpc) is 3.38. The summed E-state index contributed by atoms with van der Waals surface area (Å²) in [5.74, 6) is 1.77. The van der Waals surface area contributed by atoms with Gasteiger partial charge in [0.1, 0.15) is 23.8 Å². The van der Waals surface area contributed by atoms with Gasteiger partial charge in [0, 0.05) is 50.5 Å². The van der Waals surface area contributed by atoms with E-state index in [0.29, 0.717) is 49.8 Å². The van der Waals surface area contributed by atoms with Crippen LogP contribution in [-0.2, 0) is 24.3 Å². The number of nitrogens with one attached hydrogen (secondary N) is 3. The number of nitrogens with zero attached hydrogens (tertiary/aromatic N) is 3. The highest BCUT2D eigenvalue weighted by molar-refractivity contribution is 5.94. The Kier molecular flexibility index (Phi) is 11.2. The number of fused-ring (bicyclic) bond motifs is 1. The van der Waals surface area contributed by atoms with Crippen molar-refractivity contribution in [3.63, 3.8) is 0 Å². The number of β-amino-alcohol motifs (C(OH)–C–C–N with tert-alkyl or cyclic N) is 1. The minimum atomic E-state index is -0.717. The predicted octanol–water partition coefficient (Wildman–Crippen LogP) is 3.82. The van der Waals surface area contributed by atoms with Gasteiger partial charge in [-0.1, -0.05) is 6.07 Å². The number of ether oxygens (including phenoxy) is 2. The number of aliphatic hydroxyl groups is 1. The summed E-state index contributed by atoms with van der Waals surface area (Å²) in [7, 11) is 0. The van der Waals surface area contributed by atoms with Crippen molar-refractivity contribution in [2.45, 2.75) is 78.4 Å². The van der Waals surface area contributed by atoms with E-state index in [-0.39, 0.29) is 18.5 Å². The molecule has 0 saturated carbocycles. The molecule has 1 aliphatic heterocycles. The number of alkyl carbamates (subject to hydrolysis) is 1. The number of aromatic nitrogens is 2. The van der Waals surface area contributed by atoms with Crippen LogP contribution in [0.5, 0.6) is 5.75 Å². The van der Waals surface area contributed by atoms with Gasteiger partial charge in [0.25, 0.3) is 5.91 Å². The summed E-state index contributed by atoms with van der Waals surface area (Å²) in [6, 6.07) is 9.37. The number of rotatable bonds is 13. The molecular formula is C32H44N6O6. The van der Waals surface area contributed by atoms with E-state index in [2.05, 4.69) is 43.0 Å². The van der Waals surface area contributed by atoms with Crippen molar-refractivity contribution in [3.8, 4) is 5.75 Å². The Hall–Kier alpha value is -4.16. The molecule has 2 atom stereocenters. The van der Waals surface area contributed by atoms with E-state index in [1.807, 2.05) is 40.7 Å². The first-order valence-electron chi connectivity index (χ1n) is 15.0. The molecule has 0 spiro atoms. The molecule has 0 fully saturated rings. The number of oxazole rings is 1. The molecular weight excluding hydrogens is 564 g/mol. The lowest BCUT2D eigenvalue weighted by Gasteiger charge is -2.30. The molecule has 238 valence electrons. The van der Waals surface area contributed by atoms with Gasteiger partial charge in [0.05, 0.1) is 11.8 Å². The van der Waals surface area contributed by atoms with Crippen molar-refractivity contribution in [2.75, 3.05) is 31.5 Å². The Balaban J connectivity index is 1.17. The molecule has 12 nitrogen and oxygen atoms in total. The molecule has 1 aliphatic rings. The Morgan fingerprint density at radius 1 is 1.14 bits per heavy atom. The zero-order valence-corrected chi connectivity index (χ0v) is 26.2. The molecule has 4 rings (SSSR count). The summed E-state index contributed by atoms with van der Waals surface area (Å²) in [4.78, 5) is 35.2. The zero-order valence-electron chi connectivity index (χ0n) is 26.2. The number of hydrogen-bond donors (Lipinski definition) is 4. The summed E-state index contributed by atoms with van der Waals surface area (Å²) in [6.45, 7) is 12.2. The van der Waals surface area contributed by atoms with Crippen LogP contribution >= 0.6 is 0 Å². The number of amides is 2. The number of aliphatic hydroxyl groups excluding tert-OH is 1. The lowest BCUT2D eigenvalue weighted by molar-refractivity contribution is 0.0526. The maximum atomic E-state index is 12.8. The minimum absolute atomic E-state index is 0.00472. The molecule has 3 aromatic rings. The average molecular weight is 609 g/mol. The van der Waals surface area contributed by atoms with E-state index in [4.69, 9.17) is 13.9 Å². The van der Waals surface area contributed by atoms with Crippen LogP contribution in [0.3, 0.4) is 0 Å². The number of anilines is 1. The minimum Gasteiger partial charge on any atom is -0.486 e. The molecule has 44 heavy (non-hydrogen) atoms. The summed E-state index contributed by atoms with van der Waals surface area (Å²) < 4.78 is 16.5. The van der Waals surface area contributed by atoms with E-state index >= 15 is 0 Å². The summed E-state index contributed by atoms with van der Waals surface area (Å²) in [6.07, 6.45) is 3.30. The van der Waals surface area contributed by atoms with Gasteiger partial charge in [-0.3, -0.25) is 9.69 Å². The van der Waals surface area contributed by atoms with Crippen LogP contribution in [0.15, 0.2) is 47.3 Å². The van der Waals surface area contributed by atoms with E-state index in [1.54, 1.807) is 18.3 Å². The Bertz CT molecular complexity index is 1400. The Morgan fingerprint density at radius 3 is 2.70 bits per heavy atom. The van der Waals surface area contributed by atoms with Crippen LogP contribution in [0.1, 0.15) is 67.1 Å². The summed E-state index contributed by atoms with van der Waals surface area (Å²) in [5.41, 5.74) is 3.14. The van der Waals surface area contributed by atoms with Crippen LogP contribution in [0.25, 0.3) is 0 Å². The monoisotopic (exact) mass is 608 g/mol. The second-order valence-electron chi connectivity index (χ2n) is 12.1. The number of pyridine rings is 1. The topological polar surface area (TPSA) is 151 Å². The maximum absolute atomic E-state index is 12.8. The fourth-order valence-electron chi connectivity index (χ4n) is 4.80. The van der Waals surface area contributed by atoms with Gasteiger partial charge in [-0.05, 0) is 82.9 Å². The van der Waals surface area contributed by atoms with Crippen LogP contribution < -0.4 is 20.7 Å². The third-order valence-electron chi connectivity index (χ3n) is 7.11. The highest BCUT2D eigenvalue weighted by Crippen LogP contribution is 2.25. The second kappa shape index (κ2) is 15.0. The number of aryl methyl sites for hydroxylation is 1. The fraction of sp³-hybridized carbons (Fsp3) is 0.500. The van der Waals surface area contributed by atoms with Crippen molar-refractivity contribution in [2.24, 2.45) is 0 Å². The predicted molar refractivity (Wildman–Crippen MR) is 166 cm³/mol. The van der Waals surface area contributed by atoms with Crippen LogP contribution in [0.4, 0.5) is 10.6 Å². The van der Waals surface area contributed by atoms with E-state index < -0.39 is 17.8 Å². The quantitative estimate of drug-likeness (QED) is 0.225. The normalized spacial score (nSPS) is 14.7. The first-order valence-corrected chi connectivity index (χ1v) is 15.0. The lowest BCUT2D eigenvalue weighted by Crippen LogP contribution is -2.42. The molecule has 0 unspecified atom stereocenters. The van der Waals surface area contributed by atoms with E-state index in [0.717, 1.165) is 24.4 Å². The molecule has 2 amide bonds. The standard InChI is InChI=1S/C32H44N6O6/c1-21(8-11-34-31(41)44-32(3,4)5)37-29-15-24(9-12-33-29)30(40)35-16-26(39)18-38-13-10-23-14-27(7-6-25(23)17-38)42-19-28-22(2)36-20-43-28/h6-7,9,12,14-15,20-21,26,39H,8,10-11,13,16-19H2,1-5H3,(H,33,37)(H,34,41)(H,35,40)/t21-,26+/m1/s1. The van der Waals surface area contributed by atoms with Gasteiger partial charge >= 0.3 is 6.09 Å². The fourth-order valence-corrected chi connectivity index (χ4v) is 4.80. The molecule has 4 N–H and O–H groups in total. The van der Waals surface area contributed by atoms with Crippen molar-refractivity contribution in [1.29, 1.82) is 0 Å². The highest BCUT2D eigenvalue weighted by atomic mass is 16.6. The van der Waals surface area contributed by atoms with Crippen molar-refractivity contribution in [3.05, 3.63) is 71.1 Å². The van der Waals surface area contributed by atoms with Crippen molar-refractivity contribution in [1.82, 2.24) is 25.5 Å². The summed E-state index contributed by atoms with van der Waals surface area (Å²) >= 11 is 0. The largest absolute Gasteiger partial charge is 0.486 e. The number of carbonyl (C=O) groups excluding carboxylic acids is 2. The van der Waals surface area contributed by atoms with Gasteiger partial charge in [0.2, 0.25) is 0 Å². The summed E-state index contributed by atoms with van der Waals surface area (Å²) in [5, 5.41) is 19.5. The zero-order chi connectivity index (χ0) is 31.7. The van der Waals surface area contributed by atoms with Gasteiger partial charge in [-0.25, -0.2) is 14.8 Å². The van der Waals surface area contributed by atoms with Crippen LogP contribution in [0, 0.1) is 6.92 Å². The molecule has 0 radical (unpaired) electrons. The van der Waals surface area contributed by atoms with Gasteiger partial charge in [-0.15, -0.1) is 0 Å². The van der Waals surface area contributed by atoms with E-state index in [9.17, 15) is 14.7 Å². The first-order chi connectivity index (χ1) is 20.9. The number of carbonyl (C=O) groups is 2. The molecule has 2 aromatic heterocycles. The SMILES string of the molecule is Cc1ncoc1COc1ccc2c(c1)CCN(C[C@@H](O)CNC(=O)c1ccnc(N[C@H](C)CCNC(=O)OC(C)(C)C)c1)C2. The third kappa shape index (κ3) is 10.2. The molecule has 0 bridgehead atoms. The number of benzene rings is 1. The van der Waals surface area contributed by atoms with Crippen molar-refractivity contribution < 1.29 is 28.6 Å². The molecule has 1 aromatic carbocycles. The first kappa shape index (κ1) is 32.7.